The van der Waals surface area contributed by atoms with E-state index < -0.39 is 0 Å². The Hall–Kier alpha value is -1.65. The van der Waals surface area contributed by atoms with Crippen LogP contribution in [0.15, 0.2) is 30.5 Å². The maximum Gasteiger partial charge on any atom is 0.113 e. The predicted octanol–water partition coefficient (Wildman–Crippen LogP) is 3.48. The van der Waals surface area contributed by atoms with Crippen molar-refractivity contribution in [2.24, 2.45) is 0 Å². The fourth-order valence-corrected chi connectivity index (χ4v) is 3.37. The monoisotopic (exact) mass is 285 g/mol. The van der Waals surface area contributed by atoms with E-state index in [0.717, 1.165) is 18.8 Å². The number of hydrogen-bond acceptors (Lipinski definition) is 3. The second-order valence-corrected chi connectivity index (χ2v) is 6.40. The Bertz CT molecular complexity index is 720. The average molecular weight is 285 g/mol. The Balaban J connectivity index is 1.96. The van der Waals surface area contributed by atoms with Crippen molar-refractivity contribution in [2.75, 3.05) is 7.05 Å². The third kappa shape index (κ3) is 2.49. The minimum atomic E-state index is 0.853. The Morgan fingerprint density at radius 2 is 2.10 bits per heavy atom. The van der Waals surface area contributed by atoms with Gasteiger partial charge in [0.1, 0.15) is 5.01 Å². The molecule has 0 fully saturated rings. The highest BCUT2D eigenvalue weighted by Crippen LogP contribution is 2.22. The van der Waals surface area contributed by atoms with Crippen molar-refractivity contribution in [3.8, 4) is 0 Å². The van der Waals surface area contributed by atoms with Gasteiger partial charge in [-0.1, -0.05) is 12.1 Å². The average Bonchev–Trinajstić information content (AvgIpc) is 2.95. The van der Waals surface area contributed by atoms with E-state index in [2.05, 4.69) is 59.2 Å². The van der Waals surface area contributed by atoms with Crippen LogP contribution >= 0.6 is 11.3 Å². The van der Waals surface area contributed by atoms with Crippen LogP contribution in [0.1, 0.15) is 21.1 Å². The molecule has 3 nitrogen and oxygen atoms in total. The lowest BCUT2D eigenvalue weighted by molar-refractivity contribution is 0.809. The van der Waals surface area contributed by atoms with E-state index in [1.165, 1.54) is 26.4 Å². The number of fused-ring (bicyclic) bond motifs is 1. The number of nitrogens with one attached hydrogen (secondary N) is 1. The molecule has 1 aromatic carbocycles. The topological polar surface area (TPSA) is 29.9 Å². The summed E-state index contributed by atoms with van der Waals surface area (Å²) in [6, 6.07) is 8.81. The molecule has 0 aliphatic rings. The zero-order chi connectivity index (χ0) is 14.1. The van der Waals surface area contributed by atoms with Crippen LogP contribution in [-0.4, -0.2) is 16.6 Å². The molecule has 0 amide bonds. The zero-order valence-electron chi connectivity index (χ0n) is 12.1. The van der Waals surface area contributed by atoms with Gasteiger partial charge >= 0.3 is 0 Å². The molecular formula is C16H19N3S. The van der Waals surface area contributed by atoms with Gasteiger partial charge in [0.25, 0.3) is 0 Å². The molecule has 0 aliphatic carbocycles. The molecule has 0 aliphatic heterocycles. The van der Waals surface area contributed by atoms with E-state index in [-0.39, 0.29) is 0 Å². The normalized spacial score (nSPS) is 11.3. The number of aromatic nitrogens is 2. The maximum atomic E-state index is 4.64. The van der Waals surface area contributed by atoms with E-state index in [0.29, 0.717) is 0 Å². The number of thiazole rings is 1. The fraction of sp³-hybridized carbons (Fsp3) is 0.312. The van der Waals surface area contributed by atoms with Crippen LogP contribution in [0.25, 0.3) is 10.9 Å². The van der Waals surface area contributed by atoms with Crippen molar-refractivity contribution in [1.29, 1.82) is 0 Å². The van der Waals surface area contributed by atoms with Crippen molar-refractivity contribution in [1.82, 2.24) is 14.9 Å². The van der Waals surface area contributed by atoms with Gasteiger partial charge in [-0.3, -0.25) is 0 Å². The number of nitrogens with zero attached hydrogens (tertiary/aromatic N) is 2. The first-order valence-corrected chi connectivity index (χ1v) is 7.64. The molecule has 0 radical (unpaired) electrons. The van der Waals surface area contributed by atoms with Gasteiger partial charge in [-0.15, -0.1) is 11.3 Å². The van der Waals surface area contributed by atoms with Crippen LogP contribution in [0.2, 0.25) is 0 Å². The van der Waals surface area contributed by atoms with E-state index in [9.17, 15) is 0 Å². The molecule has 4 heteroatoms. The van der Waals surface area contributed by atoms with E-state index >= 15 is 0 Å². The van der Waals surface area contributed by atoms with Crippen LogP contribution < -0.4 is 5.32 Å². The number of hydrogen-bond donors (Lipinski definition) is 1. The van der Waals surface area contributed by atoms with Crippen LogP contribution in [0.5, 0.6) is 0 Å². The summed E-state index contributed by atoms with van der Waals surface area (Å²) in [7, 11) is 1.98. The lowest BCUT2D eigenvalue weighted by Crippen LogP contribution is -2.05. The highest BCUT2D eigenvalue weighted by molar-refractivity contribution is 7.11. The molecule has 0 atom stereocenters. The molecule has 2 heterocycles. The molecule has 0 saturated carbocycles. The Kier molecular flexibility index (Phi) is 3.59. The first-order valence-electron chi connectivity index (χ1n) is 6.82. The zero-order valence-corrected chi connectivity index (χ0v) is 12.9. The maximum absolute atomic E-state index is 4.64. The van der Waals surface area contributed by atoms with Gasteiger partial charge in [0.2, 0.25) is 0 Å². The number of rotatable bonds is 4. The summed E-state index contributed by atoms with van der Waals surface area (Å²) in [4.78, 5) is 5.95. The smallest absolute Gasteiger partial charge is 0.113 e. The highest BCUT2D eigenvalue weighted by atomic mass is 32.1. The summed E-state index contributed by atoms with van der Waals surface area (Å²) in [5.74, 6) is 0. The Morgan fingerprint density at radius 3 is 2.80 bits per heavy atom. The molecular weight excluding hydrogens is 266 g/mol. The second kappa shape index (κ2) is 5.38. The summed E-state index contributed by atoms with van der Waals surface area (Å²) in [5.41, 5.74) is 3.74. The van der Waals surface area contributed by atoms with Crippen molar-refractivity contribution >= 4 is 22.2 Å². The molecule has 0 unspecified atom stereocenters. The van der Waals surface area contributed by atoms with Gasteiger partial charge in [0.05, 0.1) is 12.2 Å². The van der Waals surface area contributed by atoms with Crippen LogP contribution in [0, 0.1) is 13.8 Å². The summed E-state index contributed by atoms with van der Waals surface area (Å²) in [6.07, 6.45) is 2.15. The summed E-state index contributed by atoms with van der Waals surface area (Å²) in [5, 5.41) is 5.67. The Morgan fingerprint density at radius 1 is 1.25 bits per heavy atom. The second-order valence-electron chi connectivity index (χ2n) is 5.12. The van der Waals surface area contributed by atoms with Gasteiger partial charge in [0, 0.05) is 23.1 Å². The van der Waals surface area contributed by atoms with Gasteiger partial charge in [-0.2, -0.15) is 0 Å². The molecule has 2 aromatic heterocycles. The number of benzene rings is 1. The van der Waals surface area contributed by atoms with E-state index in [4.69, 9.17) is 0 Å². The highest BCUT2D eigenvalue weighted by Gasteiger charge is 2.07. The molecule has 20 heavy (non-hydrogen) atoms. The van der Waals surface area contributed by atoms with E-state index in [1.807, 2.05) is 7.05 Å². The molecule has 0 saturated heterocycles. The lowest BCUT2D eigenvalue weighted by Gasteiger charge is -2.05. The first-order chi connectivity index (χ1) is 9.67. The van der Waals surface area contributed by atoms with Gasteiger partial charge in [0.15, 0.2) is 0 Å². The number of aryl methyl sites for hydroxylation is 2. The molecule has 0 spiro atoms. The third-order valence-electron chi connectivity index (χ3n) is 3.60. The van der Waals surface area contributed by atoms with Crippen molar-refractivity contribution in [3.05, 3.63) is 51.6 Å². The molecule has 1 N–H and O–H groups in total. The summed E-state index contributed by atoms with van der Waals surface area (Å²) in [6.45, 7) is 5.96. The minimum Gasteiger partial charge on any atom is -0.341 e. The van der Waals surface area contributed by atoms with Crippen LogP contribution in [0.4, 0.5) is 0 Å². The fourth-order valence-electron chi connectivity index (χ4n) is 2.43. The van der Waals surface area contributed by atoms with Gasteiger partial charge in [-0.25, -0.2) is 4.98 Å². The molecule has 3 aromatic rings. The summed E-state index contributed by atoms with van der Waals surface area (Å²) >= 11 is 1.79. The molecule has 0 bridgehead atoms. The minimum absolute atomic E-state index is 0.853. The van der Waals surface area contributed by atoms with E-state index in [1.54, 1.807) is 11.3 Å². The first kappa shape index (κ1) is 13.3. The molecule has 104 valence electrons. The third-order valence-corrected chi connectivity index (χ3v) is 4.66. The van der Waals surface area contributed by atoms with Crippen molar-refractivity contribution in [2.45, 2.75) is 26.9 Å². The standard InChI is InChI=1S/C16H19N3S/c1-11-12(2)20-16(18-11)10-19-7-6-14-5-4-13(9-17-3)8-15(14)19/h4-8,17H,9-10H2,1-3H3. The Labute approximate surface area is 123 Å². The molecule has 3 rings (SSSR count). The summed E-state index contributed by atoms with van der Waals surface area (Å²) < 4.78 is 2.28. The van der Waals surface area contributed by atoms with Crippen LogP contribution in [0.3, 0.4) is 0 Å². The SMILES string of the molecule is CNCc1ccc2ccn(Cc3nc(C)c(C)s3)c2c1. The van der Waals surface area contributed by atoms with Gasteiger partial charge in [-0.05, 0) is 44.0 Å². The van der Waals surface area contributed by atoms with Crippen molar-refractivity contribution < 1.29 is 0 Å². The predicted molar refractivity (Wildman–Crippen MR) is 85.4 cm³/mol. The quantitative estimate of drug-likeness (QED) is 0.795. The van der Waals surface area contributed by atoms with Crippen LogP contribution in [-0.2, 0) is 13.1 Å². The van der Waals surface area contributed by atoms with Crippen molar-refractivity contribution in [3.63, 3.8) is 0 Å². The lowest BCUT2D eigenvalue weighted by atomic mass is 10.1. The van der Waals surface area contributed by atoms with Gasteiger partial charge < -0.3 is 9.88 Å². The largest absolute Gasteiger partial charge is 0.341 e.